The maximum Gasteiger partial charge on any atom is 0.390 e. The SMILES string of the molecule is CC(N)C1CCCN(CCC(F)(F)F)C1.Cl. The van der Waals surface area contributed by atoms with Crippen LogP contribution in [0.3, 0.4) is 0 Å². The van der Waals surface area contributed by atoms with Crippen LogP contribution in [0.4, 0.5) is 13.2 Å². The minimum absolute atomic E-state index is 0. The lowest BCUT2D eigenvalue weighted by Crippen LogP contribution is -2.43. The van der Waals surface area contributed by atoms with E-state index in [1.165, 1.54) is 0 Å². The van der Waals surface area contributed by atoms with Crippen molar-refractivity contribution < 1.29 is 13.2 Å². The van der Waals surface area contributed by atoms with E-state index in [0.717, 1.165) is 19.4 Å². The summed E-state index contributed by atoms with van der Waals surface area (Å²) < 4.78 is 36.0. The molecule has 0 bridgehead atoms. The maximum absolute atomic E-state index is 12.0. The highest BCUT2D eigenvalue weighted by atomic mass is 35.5. The number of likely N-dealkylation sites (tertiary alicyclic amines) is 1. The molecule has 98 valence electrons. The molecule has 2 nitrogen and oxygen atoms in total. The molecule has 6 heteroatoms. The minimum Gasteiger partial charge on any atom is -0.328 e. The highest BCUT2D eigenvalue weighted by Gasteiger charge is 2.29. The molecule has 2 unspecified atom stereocenters. The number of alkyl halides is 3. The summed E-state index contributed by atoms with van der Waals surface area (Å²) in [5.74, 6) is 0.354. The first-order chi connectivity index (χ1) is 6.88. The molecule has 1 fully saturated rings. The normalized spacial score (nSPS) is 24.9. The van der Waals surface area contributed by atoms with E-state index in [-0.39, 0.29) is 25.0 Å². The molecule has 1 saturated heterocycles. The van der Waals surface area contributed by atoms with Crippen LogP contribution in [-0.2, 0) is 0 Å². The van der Waals surface area contributed by atoms with Gasteiger partial charge in [0.2, 0.25) is 0 Å². The Bertz CT molecular complexity index is 197. The third-order valence-corrected chi connectivity index (χ3v) is 3.00. The molecule has 1 rings (SSSR count). The van der Waals surface area contributed by atoms with Crippen molar-refractivity contribution in [3.63, 3.8) is 0 Å². The standard InChI is InChI=1S/C10H19F3N2.ClH/c1-8(14)9-3-2-5-15(7-9)6-4-10(11,12)13;/h8-9H,2-7,14H2,1H3;1H. The monoisotopic (exact) mass is 260 g/mol. The van der Waals surface area contributed by atoms with Gasteiger partial charge in [0.25, 0.3) is 0 Å². The summed E-state index contributed by atoms with van der Waals surface area (Å²) in [6.45, 7) is 3.54. The fourth-order valence-corrected chi connectivity index (χ4v) is 2.01. The molecule has 0 spiro atoms. The van der Waals surface area contributed by atoms with Crippen LogP contribution in [0.15, 0.2) is 0 Å². The Kier molecular flexibility index (Phi) is 6.67. The third-order valence-electron chi connectivity index (χ3n) is 3.00. The number of rotatable bonds is 3. The van der Waals surface area contributed by atoms with Gasteiger partial charge < -0.3 is 10.6 Å². The van der Waals surface area contributed by atoms with Crippen LogP contribution in [0, 0.1) is 5.92 Å². The molecular weight excluding hydrogens is 241 g/mol. The van der Waals surface area contributed by atoms with Crippen molar-refractivity contribution >= 4 is 12.4 Å². The number of nitrogens with two attached hydrogens (primary N) is 1. The second-order valence-corrected chi connectivity index (χ2v) is 4.43. The number of hydrogen-bond acceptors (Lipinski definition) is 2. The molecule has 0 radical (unpaired) electrons. The second-order valence-electron chi connectivity index (χ2n) is 4.43. The van der Waals surface area contributed by atoms with Crippen LogP contribution in [0.2, 0.25) is 0 Å². The van der Waals surface area contributed by atoms with Gasteiger partial charge in [0.15, 0.2) is 0 Å². The summed E-state index contributed by atoms with van der Waals surface area (Å²) in [6.07, 6.45) is -2.75. The lowest BCUT2D eigenvalue weighted by molar-refractivity contribution is -0.138. The quantitative estimate of drug-likeness (QED) is 0.845. The average Bonchev–Trinajstić information content (AvgIpc) is 2.14. The van der Waals surface area contributed by atoms with E-state index < -0.39 is 12.6 Å². The highest BCUT2D eigenvalue weighted by molar-refractivity contribution is 5.85. The van der Waals surface area contributed by atoms with E-state index in [9.17, 15) is 13.2 Å². The smallest absolute Gasteiger partial charge is 0.328 e. The molecule has 0 aliphatic carbocycles. The van der Waals surface area contributed by atoms with Crippen LogP contribution in [0.1, 0.15) is 26.2 Å². The van der Waals surface area contributed by atoms with Gasteiger partial charge in [0, 0.05) is 19.1 Å². The molecule has 0 aromatic carbocycles. The fourth-order valence-electron chi connectivity index (χ4n) is 2.01. The second kappa shape index (κ2) is 6.67. The Balaban J connectivity index is 0.00000225. The molecule has 1 aliphatic heterocycles. The topological polar surface area (TPSA) is 29.3 Å². The Morgan fingerprint density at radius 3 is 2.56 bits per heavy atom. The van der Waals surface area contributed by atoms with Crippen LogP contribution >= 0.6 is 12.4 Å². The Morgan fingerprint density at radius 1 is 1.44 bits per heavy atom. The van der Waals surface area contributed by atoms with Crippen LogP contribution < -0.4 is 5.73 Å². The zero-order valence-corrected chi connectivity index (χ0v) is 10.3. The fraction of sp³-hybridized carbons (Fsp3) is 1.00. The average molecular weight is 261 g/mol. The van der Waals surface area contributed by atoms with E-state index in [1.54, 1.807) is 0 Å². The minimum atomic E-state index is -4.04. The molecule has 0 saturated carbocycles. The van der Waals surface area contributed by atoms with Crippen LogP contribution in [0.5, 0.6) is 0 Å². The van der Waals surface area contributed by atoms with Gasteiger partial charge in [-0.05, 0) is 32.2 Å². The zero-order valence-electron chi connectivity index (χ0n) is 9.46. The highest BCUT2D eigenvalue weighted by Crippen LogP contribution is 2.23. The molecule has 2 N–H and O–H groups in total. The summed E-state index contributed by atoms with van der Waals surface area (Å²) in [5.41, 5.74) is 5.76. The summed E-state index contributed by atoms with van der Waals surface area (Å²) in [5, 5.41) is 0. The van der Waals surface area contributed by atoms with Crippen LogP contribution in [-0.4, -0.2) is 36.8 Å². The van der Waals surface area contributed by atoms with E-state index >= 15 is 0 Å². The lowest BCUT2D eigenvalue weighted by Gasteiger charge is -2.34. The van der Waals surface area contributed by atoms with Crippen molar-refractivity contribution in [1.29, 1.82) is 0 Å². The first-order valence-electron chi connectivity index (χ1n) is 5.43. The zero-order chi connectivity index (χ0) is 11.5. The summed E-state index contributed by atoms with van der Waals surface area (Å²) >= 11 is 0. The molecule has 1 aliphatic rings. The van der Waals surface area contributed by atoms with Gasteiger partial charge in [-0.2, -0.15) is 13.2 Å². The van der Waals surface area contributed by atoms with E-state index in [0.29, 0.717) is 12.5 Å². The lowest BCUT2D eigenvalue weighted by atomic mass is 9.92. The van der Waals surface area contributed by atoms with Gasteiger partial charge >= 0.3 is 6.18 Å². The molecule has 0 aromatic rings. The summed E-state index contributed by atoms with van der Waals surface area (Å²) in [7, 11) is 0. The predicted octanol–water partition coefficient (Wildman–Crippen LogP) is 2.42. The van der Waals surface area contributed by atoms with Crippen LogP contribution in [0.25, 0.3) is 0 Å². The Morgan fingerprint density at radius 2 is 2.06 bits per heavy atom. The van der Waals surface area contributed by atoms with Crippen molar-refractivity contribution in [3.8, 4) is 0 Å². The van der Waals surface area contributed by atoms with Gasteiger partial charge in [-0.15, -0.1) is 12.4 Å². The van der Waals surface area contributed by atoms with E-state index in [2.05, 4.69) is 0 Å². The van der Waals surface area contributed by atoms with Gasteiger partial charge in [-0.3, -0.25) is 0 Å². The maximum atomic E-state index is 12.0. The third kappa shape index (κ3) is 5.92. The Labute approximate surface area is 101 Å². The molecule has 16 heavy (non-hydrogen) atoms. The predicted molar refractivity (Wildman–Crippen MR) is 60.7 cm³/mol. The largest absolute Gasteiger partial charge is 0.390 e. The van der Waals surface area contributed by atoms with Crippen molar-refractivity contribution in [2.45, 2.75) is 38.4 Å². The van der Waals surface area contributed by atoms with Gasteiger partial charge in [-0.25, -0.2) is 0 Å². The summed E-state index contributed by atoms with van der Waals surface area (Å²) in [6, 6.07) is 0.0821. The molecule has 0 amide bonds. The van der Waals surface area contributed by atoms with Gasteiger partial charge in [0.05, 0.1) is 6.42 Å². The molecular formula is C10H20ClF3N2. The van der Waals surface area contributed by atoms with Gasteiger partial charge in [0.1, 0.15) is 0 Å². The van der Waals surface area contributed by atoms with E-state index in [4.69, 9.17) is 5.73 Å². The number of halogens is 4. The van der Waals surface area contributed by atoms with Crippen molar-refractivity contribution in [2.75, 3.05) is 19.6 Å². The van der Waals surface area contributed by atoms with Crippen molar-refractivity contribution in [1.82, 2.24) is 4.90 Å². The molecule has 1 heterocycles. The van der Waals surface area contributed by atoms with Gasteiger partial charge in [-0.1, -0.05) is 0 Å². The van der Waals surface area contributed by atoms with Crippen molar-refractivity contribution in [2.24, 2.45) is 11.7 Å². The first-order valence-corrected chi connectivity index (χ1v) is 5.43. The summed E-state index contributed by atoms with van der Waals surface area (Å²) in [4.78, 5) is 1.88. The molecule has 0 aromatic heterocycles. The number of piperidine rings is 1. The Hall–Kier alpha value is -0.0000000000000000555. The van der Waals surface area contributed by atoms with E-state index in [1.807, 2.05) is 11.8 Å². The first kappa shape index (κ1) is 16.0. The number of hydrogen-bond donors (Lipinski definition) is 1. The molecule has 2 atom stereocenters. The number of nitrogens with zero attached hydrogens (tertiary/aromatic N) is 1. The van der Waals surface area contributed by atoms with Crippen molar-refractivity contribution in [3.05, 3.63) is 0 Å².